The summed E-state index contributed by atoms with van der Waals surface area (Å²) >= 11 is 6.25. The average Bonchev–Trinajstić information content (AvgIpc) is 3.21. The normalized spacial score (nSPS) is 14.3. The number of aryl methyl sites for hydroxylation is 2. The van der Waals surface area contributed by atoms with Crippen molar-refractivity contribution in [1.29, 1.82) is 0 Å². The Bertz CT molecular complexity index is 1250. The Labute approximate surface area is 219 Å². The second-order valence-corrected chi connectivity index (χ2v) is 9.92. The summed E-state index contributed by atoms with van der Waals surface area (Å²) < 4.78 is 7.50. The van der Waals surface area contributed by atoms with Crippen molar-refractivity contribution in [1.82, 2.24) is 24.6 Å². The number of ether oxygens (including phenoxy) is 1. The molecular formula is C28H36ClN5O2. The maximum Gasteiger partial charge on any atom is 0.254 e. The molecule has 0 spiro atoms. The molecular weight excluding hydrogens is 474 g/mol. The number of hydrogen-bond acceptors (Lipinski definition) is 5. The molecule has 192 valence electrons. The van der Waals surface area contributed by atoms with E-state index in [0.29, 0.717) is 23.9 Å². The van der Waals surface area contributed by atoms with E-state index in [2.05, 4.69) is 47.3 Å². The second-order valence-electron chi connectivity index (χ2n) is 9.51. The summed E-state index contributed by atoms with van der Waals surface area (Å²) in [5, 5.41) is 5.04. The fraction of sp³-hybridized carbons (Fsp3) is 0.464. The Morgan fingerprint density at radius 1 is 1.19 bits per heavy atom. The van der Waals surface area contributed by atoms with Crippen molar-refractivity contribution in [2.24, 2.45) is 7.05 Å². The first-order valence-corrected chi connectivity index (χ1v) is 13.0. The summed E-state index contributed by atoms with van der Waals surface area (Å²) in [6, 6.07) is 5.99. The molecule has 1 aromatic carbocycles. The highest BCUT2D eigenvalue weighted by molar-refractivity contribution is 6.31. The zero-order valence-corrected chi connectivity index (χ0v) is 22.9. The van der Waals surface area contributed by atoms with Crippen molar-refractivity contribution < 1.29 is 9.53 Å². The largest absolute Gasteiger partial charge is 0.492 e. The average molecular weight is 510 g/mol. The number of pyridine rings is 1. The van der Waals surface area contributed by atoms with Crippen LogP contribution in [0.5, 0.6) is 5.75 Å². The van der Waals surface area contributed by atoms with Crippen LogP contribution in [0.15, 0.2) is 30.6 Å². The predicted molar refractivity (Wildman–Crippen MR) is 144 cm³/mol. The highest BCUT2D eigenvalue weighted by Gasteiger charge is 2.32. The molecule has 0 aliphatic carbocycles. The molecule has 1 atom stereocenters. The standard InChI is InChI=1S/C28H36ClN5O2/c1-7-32(5)11-9-20-13-22(24-17-33(6)31-18(24)3)21-10-12-34(28(35)23(21)14-20)19(4)26-15-27(36-8-2)25(29)16-30-26/h13-17,19H,7-12H2,1-6H3. The third-order valence-corrected chi connectivity index (χ3v) is 7.35. The van der Waals surface area contributed by atoms with E-state index in [0.717, 1.165) is 59.6 Å². The molecule has 36 heavy (non-hydrogen) atoms. The maximum atomic E-state index is 13.9. The number of rotatable bonds is 9. The lowest BCUT2D eigenvalue weighted by atomic mass is 9.87. The van der Waals surface area contributed by atoms with Crippen molar-refractivity contribution in [3.8, 4) is 16.9 Å². The molecule has 0 N–H and O–H groups in total. The molecule has 1 aliphatic rings. The first-order chi connectivity index (χ1) is 17.2. The zero-order valence-electron chi connectivity index (χ0n) is 22.1. The molecule has 0 saturated carbocycles. The molecule has 0 radical (unpaired) electrons. The minimum absolute atomic E-state index is 0.0342. The van der Waals surface area contributed by atoms with Gasteiger partial charge < -0.3 is 14.5 Å². The van der Waals surface area contributed by atoms with Crippen molar-refractivity contribution in [3.05, 3.63) is 63.7 Å². The van der Waals surface area contributed by atoms with Crippen LogP contribution in [0.4, 0.5) is 0 Å². The summed E-state index contributed by atoms with van der Waals surface area (Å²) in [6.07, 6.45) is 5.31. The van der Waals surface area contributed by atoms with E-state index < -0.39 is 0 Å². The van der Waals surface area contributed by atoms with Gasteiger partial charge in [0.15, 0.2) is 0 Å². The van der Waals surface area contributed by atoms with E-state index in [1.807, 2.05) is 43.5 Å². The Hall–Kier alpha value is -2.90. The quantitative estimate of drug-likeness (QED) is 0.401. The van der Waals surface area contributed by atoms with Gasteiger partial charge in [-0.1, -0.05) is 24.6 Å². The first kappa shape index (κ1) is 26.2. The first-order valence-electron chi connectivity index (χ1n) is 12.7. The van der Waals surface area contributed by atoms with E-state index in [1.54, 1.807) is 6.20 Å². The van der Waals surface area contributed by atoms with Crippen molar-refractivity contribution in [2.75, 3.05) is 33.3 Å². The van der Waals surface area contributed by atoms with Crippen LogP contribution >= 0.6 is 11.6 Å². The molecule has 7 nitrogen and oxygen atoms in total. The number of carbonyl (C=O) groups excluding carboxylic acids is 1. The number of amides is 1. The van der Waals surface area contributed by atoms with Gasteiger partial charge in [-0.25, -0.2) is 0 Å². The number of halogens is 1. The van der Waals surface area contributed by atoms with Gasteiger partial charge in [-0.15, -0.1) is 0 Å². The van der Waals surface area contributed by atoms with Gasteiger partial charge in [0, 0.05) is 49.7 Å². The van der Waals surface area contributed by atoms with Gasteiger partial charge in [0.1, 0.15) is 10.8 Å². The Kier molecular flexibility index (Phi) is 8.00. The lowest BCUT2D eigenvalue weighted by Crippen LogP contribution is -2.40. The summed E-state index contributed by atoms with van der Waals surface area (Å²) in [6.45, 7) is 11.2. The fourth-order valence-electron chi connectivity index (χ4n) is 4.87. The number of hydrogen-bond donors (Lipinski definition) is 0. The molecule has 3 aromatic rings. The third kappa shape index (κ3) is 5.27. The van der Waals surface area contributed by atoms with Crippen LogP contribution in [-0.2, 0) is 19.9 Å². The lowest BCUT2D eigenvalue weighted by molar-refractivity contribution is 0.0669. The van der Waals surface area contributed by atoms with Gasteiger partial charge in [-0.3, -0.25) is 14.5 Å². The molecule has 1 amide bonds. The molecule has 2 aromatic heterocycles. The van der Waals surface area contributed by atoms with Crippen LogP contribution < -0.4 is 4.74 Å². The zero-order chi connectivity index (χ0) is 26.0. The Morgan fingerprint density at radius 2 is 1.94 bits per heavy atom. The smallest absolute Gasteiger partial charge is 0.254 e. The van der Waals surface area contributed by atoms with Crippen LogP contribution in [-0.4, -0.2) is 63.8 Å². The number of aromatic nitrogens is 3. The summed E-state index contributed by atoms with van der Waals surface area (Å²) in [4.78, 5) is 22.7. The van der Waals surface area contributed by atoms with Crippen LogP contribution in [0.25, 0.3) is 11.1 Å². The molecule has 0 fully saturated rings. The van der Waals surface area contributed by atoms with E-state index in [9.17, 15) is 4.79 Å². The molecule has 0 bridgehead atoms. The molecule has 0 saturated heterocycles. The topological polar surface area (TPSA) is 63.5 Å². The maximum absolute atomic E-state index is 13.9. The highest BCUT2D eigenvalue weighted by atomic mass is 35.5. The summed E-state index contributed by atoms with van der Waals surface area (Å²) in [7, 11) is 4.06. The molecule has 8 heteroatoms. The SMILES string of the molecule is CCOc1cc(C(C)N2CCc3c(cc(CCN(C)CC)cc3-c3cn(C)nc3C)C2=O)ncc1Cl. The summed E-state index contributed by atoms with van der Waals surface area (Å²) in [5.41, 5.74) is 7.00. The molecule has 4 rings (SSSR count). The van der Waals surface area contributed by atoms with Crippen LogP contribution in [0.3, 0.4) is 0 Å². The number of fused-ring (bicyclic) bond motifs is 1. The molecule has 3 heterocycles. The Balaban J connectivity index is 1.72. The number of likely N-dealkylation sites (N-methyl/N-ethyl adjacent to an activating group) is 1. The minimum Gasteiger partial charge on any atom is -0.492 e. The van der Waals surface area contributed by atoms with Crippen molar-refractivity contribution >= 4 is 17.5 Å². The third-order valence-electron chi connectivity index (χ3n) is 7.07. The van der Waals surface area contributed by atoms with Gasteiger partial charge in [-0.2, -0.15) is 5.10 Å². The minimum atomic E-state index is -0.208. The lowest BCUT2D eigenvalue weighted by Gasteiger charge is -2.34. The molecule has 1 unspecified atom stereocenters. The summed E-state index contributed by atoms with van der Waals surface area (Å²) in [5.74, 6) is 0.629. The van der Waals surface area contributed by atoms with Crippen LogP contribution in [0.1, 0.15) is 59.7 Å². The van der Waals surface area contributed by atoms with Crippen LogP contribution in [0.2, 0.25) is 5.02 Å². The van der Waals surface area contributed by atoms with E-state index in [4.69, 9.17) is 16.3 Å². The van der Waals surface area contributed by atoms with E-state index in [1.165, 1.54) is 5.56 Å². The van der Waals surface area contributed by atoms with Gasteiger partial charge in [0.25, 0.3) is 5.91 Å². The monoisotopic (exact) mass is 509 g/mol. The van der Waals surface area contributed by atoms with Gasteiger partial charge in [0.2, 0.25) is 0 Å². The van der Waals surface area contributed by atoms with Gasteiger partial charge in [-0.05, 0) is 70.0 Å². The number of nitrogens with zero attached hydrogens (tertiary/aromatic N) is 5. The van der Waals surface area contributed by atoms with Gasteiger partial charge >= 0.3 is 0 Å². The number of benzene rings is 1. The van der Waals surface area contributed by atoms with E-state index in [-0.39, 0.29) is 11.9 Å². The Morgan fingerprint density at radius 3 is 2.61 bits per heavy atom. The van der Waals surface area contributed by atoms with E-state index >= 15 is 0 Å². The van der Waals surface area contributed by atoms with Gasteiger partial charge in [0.05, 0.1) is 24.0 Å². The highest BCUT2D eigenvalue weighted by Crippen LogP contribution is 2.36. The molecule has 1 aliphatic heterocycles. The number of carbonyl (C=O) groups is 1. The van der Waals surface area contributed by atoms with Crippen molar-refractivity contribution in [2.45, 2.75) is 46.6 Å². The second kappa shape index (κ2) is 11.0. The predicted octanol–water partition coefficient (Wildman–Crippen LogP) is 5.10. The van der Waals surface area contributed by atoms with Crippen molar-refractivity contribution in [3.63, 3.8) is 0 Å². The van der Waals surface area contributed by atoms with Crippen LogP contribution in [0, 0.1) is 6.92 Å². The fourth-order valence-corrected chi connectivity index (χ4v) is 5.02.